The number of hydrogen-bond acceptors (Lipinski definition) is 9. The Balaban J connectivity index is 2.26. The van der Waals surface area contributed by atoms with Crippen molar-refractivity contribution in [2.75, 3.05) is 29.9 Å². The van der Waals surface area contributed by atoms with Crippen LogP contribution < -0.4 is 9.62 Å². The number of ether oxygens (including phenoxy) is 2. The van der Waals surface area contributed by atoms with Crippen molar-refractivity contribution >= 4 is 34.1 Å². The zero-order chi connectivity index (χ0) is 21.2. The predicted molar refractivity (Wildman–Crippen MR) is 109 cm³/mol. The molecule has 2 heterocycles. The second-order valence-corrected chi connectivity index (χ2v) is 6.77. The number of hydrogen-bond donors (Lipinski definition) is 2. The summed E-state index contributed by atoms with van der Waals surface area (Å²) < 4.78 is 34.4. The van der Waals surface area contributed by atoms with Gasteiger partial charge in [0.1, 0.15) is 11.5 Å². The minimum atomic E-state index is -2.84. The molecule has 0 aliphatic rings. The van der Waals surface area contributed by atoms with Crippen molar-refractivity contribution in [3.63, 3.8) is 0 Å². The molecule has 0 bridgehead atoms. The summed E-state index contributed by atoms with van der Waals surface area (Å²) in [5.41, 5.74) is 0.872. The summed E-state index contributed by atoms with van der Waals surface area (Å²) in [5.74, 6) is 6.34. The first kappa shape index (κ1) is 22.8. The lowest BCUT2D eigenvalue weighted by molar-refractivity contribution is -0.0969. The van der Waals surface area contributed by atoms with Gasteiger partial charge >= 0.3 is 0 Å². The number of nitrogens with zero attached hydrogens (tertiary/aromatic N) is 5. The van der Waals surface area contributed by atoms with Crippen LogP contribution in [-0.2, 0) is 26.9 Å². The Morgan fingerprint density at radius 2 is 1.90 bits per heavy atom. The zero-order valence-electron chi connectivity index (χ0n) is 16.1. The van der Waals surface area contributed by atoms with E-state index in [0.717, 1.165) is 4.31 Å². The highest BCUT2D eigenvalue weighted by Crippen LogP contribution is 2.18. The van der Waals surface area contributed by atoms with E-state index < -0.39 is 17.2 Å². The van der Waals surface area contributed by atoms with Gasteiger partial charge in [-0.05, 0) is 31.4 Å². The van der Waals surface area contributed by atoms with Gasteiger partial charge in [-0.15, -0.1) is 0 Å². The first-order valence-corrected chi connectivity index (χ1v) is 10.2. The van der Waals surface area contributed by atoms with E-state index in [2.05, 4.69) is 37.1 Å². The van der Waals surface area contributed by atoms with Crippen LogP contribution in [0, 0.1) is 11.8 Å². The van der Waals surface area contributed by atoms with Gasteiger partial charge in [0.2, 0.25) is 22.5 Å². The van der Waals surface area contributed by atoms with Crippen LogP contribution in [0.4, 0.5) is 11.6 Å². The minimum absolute atomic E-state index is 0.0309. The fraction of sp³-hybridized carbons (Fsp3) is 0.412. The molecule has 0 unspecified atom stereocenters. The molecule has 2 aromatic heterocycles. The Bertz CT molecular complexity index is 948. The average Bonchev–Trinajstić information content (AvgIpc) is 2.71. The summed E-state index contributed by atoms with van der Waals surface area (Å²) in [5, 5.41) is 3.08. The van der Waals surface area contributed by atoms with Crippen molar-refractivity contribution in [1.82, 2.24) is 19.9 Å². The molecule has 10 nitrogen and oxygen atoms in total. The third-order valence-electron chi connectivity index (χ3n) is 3.45. The lowest BCUT2D eigenvalue weighted by Gasteiger charge is -2.14. The highest BCUT2D eigenvalue weighted by Gasteiger charge is 2.13. The van der Waals surface area contributed by atoms with Gasteiger partial charge in [-0.3, -0.25) is 9.29 Å². The first-order chi connectivity index (χ1) is 14.0. The summed E-state index contributed by atoms with van der Waals surface area (Å²) in [4.78, 5) is 16.4. The molecular formula is C17H21ClN6O4S. The maximum absolute atomic E-state index is 11.3. The molecule has 0 radical (unpaired) electrons. The molecule has 0 saturated carbocycles. The number of halogens is 1. The van der Waals surface area contributed by atoms with Crippen molar-refractivity contribution in [2.45, 2.75) is 26.7 Å². The molecule has 0 aliphatic carbocycles. The topological polar surface area (TPSA) is 119 Å². The Morgan fingerprint density at radius 3 is 2.55 bits per heavy atom. The van der Waals surface area contributed by atoms with E-state index in [0.29, 0.717) is 30.3 Å². The van der Waals surface area contributed by atoms with Crippen molar-refractivity contribution < 1.29 is 17.9 Å². The number of nitrogens with one attached hydrogen (secondary N) is 1. The highest BCUT2D eigenvalue weighted by atomic mass is 35.5. The van der Waals surface area contributed by atoms with E-state index in [1.54, 1.807) is 0 Å². The van der Waals surface area contributed by atoms with E-state index in [1.807, 2.05) is 13.8 Å². The Kier molecular flexibility index (Phi) is 9.01. The molecule has 0 spiro atoms. The van der Waals surface area contributed by atoms with E-state index in [9.17, 15) is 8.42 Å². The summed E-state index contributed by atoms with van der Waals surface area (Å²) in [6.45, 7) is 4.73. The minimum Gasteiger partial charge on any atom is -0.363 e. The number of thiol groups is 1. The number of anilines is 2. The van der Waals surface area contributed by atoms with Gasteiger partial charge in [0.25, 0.3) is 0 Å². The van der Waals surface area contributed by atoms with Gasteiger partial charge in [-0.2, -0.15) is 4.98 Å². The molecule has 29 heavy (non-hydrogen) atoms. The summed E-state index contributed by atoms with van der Waals surface area (Å²) in [6, 6.07) is 0. The van der Waals surface area contributed by atoms with Crippen LogP contribution >= 0.6 is 11.6 Å². The van der Waals surface area contributed by atoms with Gasteiger partial charge < -0.3 is 14.8 Å². The second-order valence-electron chi connectivity index (χ2n) is 5.35. The maximum atomic E-state index is 11.3. The van der Waals surface area contributed by atoms with E-state index in [-0.39, 0.29) is 17.6 Å². The van der Waals surface area contributed by atoms with Crippen LogP contribution in [0.1, 0.15) is 25.1 Å². The fourth-order valence-corrected chi connectivity index (χ4v) is 2.61. The first-order valence-electron chi connectivity index (χ1n) is 8.65. The summed E-state index contributed by atoms with van der Waals surface area (Å²) >= 11 is 5.91. The van der Waals surface area contributed by atoms with Crippen molar-refractivity contribution in [1.29, 1.82) is 0 Å². The fourth-order valence-electron chi connectivity index (χ4n) is 2.16. The van der Waals surface area contributed by atoms with Crippen LogP contribution in [0.2, 0.25) is 5.28 Å². The molecule has 12 heteroatoms. The number of aromatic nitrogens is 4. The maximum Gasteiger partial charge on any atom is 0.225 e. The van der Waals surface area contributed by atoms with Crippen LogP contribution in [-0.4, -0.2) is 54.9 Å². The van der Waals surface area contributed by atoms with Gasteiger partial charge in [0, 0.05) is 38.9 Å². The van der Waals surface area contributed by atoms with E-state index in [4.69, 9.17) is 21.1 Å². The molecule has 0 saturated heterocycles. The Hall–Kier alpha value is -2.52. The normalized spacial score (nSPS) is 10.7. The Morgan fingerprint density at radius 1 is 1.21 bits per heavy atom. The zero-order valence-corrected chi connectivity index (χ0v) is 17.8. The van der Waals surface area contributed by atoms with Crippen molar-refractivity contribution in [3.05, 3.63) is 35.1 Å². The SMILES string of the molecule is CCOC(C#Cc1cnc(Cl)nc1NCc1nccnc1N(C)[SH](=O)=O)OCC. The van der Waals surface area contributed by atoms with Crippen LogP contribution in [0.5, 0.6) is 0 Å². The monoisotopic (exact) mass is 440 g/mol. The molecule has 1 N–H and O–H groups in total. The van der Waals surface area contributed by atoms with Crippen molar-refractivity contribution in [3.8, 4) is 11.8 Å². The largest absolute Gasteiger partial charge is 0.363 e. The molecule has 2 rings (SSSR count). The third kappa shape index (κ3) is 6.79. The van der Waals surface area contributed by atoms with E-state index >= 15 is 0 Å². The van der Waals surface area contributed by atoms with Crippen LogP contribution in [0.25, 0.3) is 0 Å². The molecule has 0 fully saturated rings. The molecule has 0 aliphatic heterocycles. The lowest BCUT2D eigenvalue weighted by Crippen LogP contribution is -2.19. The van der Waals surface area contributed by atoms with Crippen LogP contribution in [0.3, 0.4) is 0 Å². The molecule has 2 aromatic rings. The third-order valence-corrected chi connectivity index (χ3v) is 4.31. The van der Waals surface area contributed by atoms with Gasteiger partial charge in [-0.1, -0.05) is 5.92 Å². The average molecular weight is 441 g/mol. The van der Waals surface area contributed by atoms with Gasteiger partial charge in [0.15, 0.2) is 5.82 Å². The molecule has 0 aromatic carbocycles. The van der Waals surface area contributed by atoms with E-state index in [1.165, 1.54) is 25.6 Å². The van der Waals surface area contributed by atoms with Gasteiger partial charge in [-0.25, -0.2) is 18.4 Å². The molecule has 0 amide bonds. The van der Waals surface area contributed by atoms with Crippen LogP contribution in [0.15, 0.2) is 18.6 Å². The predicted octanol–water partition coefficient (Wildman–Crippen LogP) is 1.25. The standard InChI is InChI=1S/C17H21ClN6O4S/c1-4-27-14(28-5-2)7-6-12-10-22-17(18)23-15(12)21-11-13-16(20-9-8-19-13)24(3)29(25)26/h8-10,14,29H,4-5,11H2,1-3H3,(H,21,22,23). The molecular weight excluding hydrogens is 420 g/mol. The summed E-state index contributed by atoms with van der Waals surface area (Å²) in [7, 11) is -1.46. The second kappa shape index (κ2) is 11.5. The quantitative estimate of drug-likeness (QED) is 0.257. The highest BCUT2D eigenvalue weighted by molar-refractivity contribution is 7.74. The number of rotatable bonds is 9. The molecule has 156 valence electrons. The van der Waals surface area contributed by atoms with Crippen molar-refractivity contribution in [2.24, 2.45) is 0 Å². The summed E-state index contributed by atoms with van der Waals surface area (Å²) in [6.07, 6.45) is 3.67. The van der Waals surface area contributed by atoms with Gasteiger partial charge in [0.05, 0.1) is 12.1 Å². The smallest absolute Gasteiger partial charge is 0.225 e. The molecule has 0 atom stereocenters. The lowest BCUT2D eigenvalue weighted by atomic mass is 10.3. The Labute approximate surface area is 175 Å².